The predicted molar refractivity (Wildman–Crippen MR) is 585 cm³/mol. The topological polar surface area (TPSA) is 368 Å². The average molecular weight is 2140 g/mol. The molecule has 838 valence electrons. The molecule has 147 heavy (non-hydrogen) atoms. The summed E-state index contributed by atoms with van der Waals surface area (Å²) < 4.78 is 65.8. The number of hydrogen-bond donors (Lipinski definition) is 2. The number of thioether (sulfide) groups is 2. The number of aliphatic carboxylic acids is 1. The van der Waals surface area contributed by atoms with Crippen LogP contribution in [0.4, 0.5) is 0 Å². The summed E-state index contributed by atoms with van der Waals surface area (Å²) in [7, 11) is 0. The van der Waals surface area contributed by atoms with Crippen molar-refractivity contribution < 1.29 is 125 Å². The highest BCUT2D eigenvalue weighted by molar-refractivity contribution is 8.03. The summed E-state index contributed by atoms with van der Waals surface area (Å²) in [6.07, 6.45) is 26.7. The molecule has 13 fully saturated rings. The monoisotopic (exact) mass is 2140 g/mol. The maximum atomic E-state index is 11.9. The molecule has 33 heteroatoms. The second kappa shape index (κ2) is 70.0. The van der Waals surface area contributed by atoms with Crippen LogP contribution in [0.3, 0.4) is 0 Å². The van der Waals surface area contributed by atoms with Crippen LogP contribution in [-0.4, -0.2) is 225 Å². The standard InChI is InChI=1S/C10H13NO2S.C10H13NS3.C10H18O4.C9H11NO2.C9H16O.C8H14O2.C8H16O2.2C8H14O2.C8H14O.2C7H12O2.2C6H10O2/c2*1-6(2)11-9(12)5-8-7(10(11)13)3-4-14-8;1-7(2)8-5-10(13,3-4-14-8)6-9(11)12;1-7(2)12-9(11)8-4-3-5-10-6-8;1-7(2)9-4-5-10-8(3)6-9;1-6(2)7-3-4-8(9)10-5-7;1-7(2)10-8-5-3-4-6-9-8;1-6(2)7-4-3-5-10-8(7)9;1-6(2)7-4-3-5-8(9)10-7;1-6(2)8-4-7(3)9-5-8;1-5(2)6-3-4-9-7(6)8;1-5(2)6-3-4-7(8)9-6;1-4(2)5-3-8-6(5)7;1-4(2)5-3-6(7)8-5/h2*5-7H,3-4H2,1-2H3;7-8,13H,3-6H2,1-2H3,(H,11,12);3-7H,1-2H3;7,9H,3-6H2,1-2H3;6-7H,3-5H2,1-2H3;7-8H,3-6H2,1-2H3;2*6-7H,3-5H2,1-2H3;6,8H,3-5H2,1-2H3;2*5-6H,3-4H2,1-2H3;2*4-5H,3H2,1-2H3. The summed E-state index contributed by atoms with van der Waals surface area (Å²) in [4.78, 5) is 131. The van der Waals surface area contributed by atoms with Crippen LogP contribution in [0.2, 0.25) is 0 Å². The smallest absolute Gasteiger partial charge is 0.339 e. The third-order valence-corrected chi connectivity index (χ3v) is 30.3. The van der Waals surface area contributed by atoms with Gasteiger partial charge in [-0.15, -0.1) is 23.5 Å². The molecule has 0 spiro atoms. The maximum Gasteiger partial charge on any atom is 0.339 e. The number of ether oxygens (including phenoxy) is 13. The molecule has 14 atom stereocenters. The SMILES string of the molecule is C=C1CC(C(C)C)CCO1.C=C1CC(C(C)C)CO1.CC(C)C1CC(=O)O1.CC(C)C1CC(O)(CC(=O)O)CCO1.CC(C)C1CCC(=O)O1.CC(C)C1CCC(=O)OC1.CC(C)C1CCCC(=O)O1.CC(C)C1CCCOC1=O.CC(C)C1CCOC1=O.CC(C)C1COC1=O.CC(C)N1C(=O)C=C2SCCC2C1=O.CC(C)N1C(=S)C=C2SCCC2C1=S.CC(C)OC(=O)c1cccnc1.CC(C)OC1CCCCO1. The number of carboxylic acid groups (broad SMARTS) is 1. The van der Waals surface area contributed by atoms with Crippen molar-refractivity contribution in [3.63, 3.8) is 0 Å². The number of allylic oxidation sites excluding steroid dienone is 2. The molecule has 16 heterocycles. The number of carbonyl (C=O) groups excluding carboxylic acids is 10. The first-order chi connectivity index (χ1) is 69.0. The molecule has 0 saturated carbocycles. The summed E-state index contributed by atoms with van der Waals surface area (Å²) in [5, 5.41) is 18.7. The number of hydrogen-bond acceptors (Lipinski definition) is 30. The minimum Gasteiger partial charge on any atom is -0.499 e. The molecule has 29 nitrogen and oxygen atoms in total. The van der Waals surface area contributed by atoms with E-state index in [4.69, 9.17) is 86.4 Å². The molecule has 0 aliphatic carbocycles. The molecular formula is C114H187N3O26S4. The zero-order valence-corrected chi connectivity index (χ0v) is 97.5. The number of imide groups is 1. The van der Waals surface area contributed by atoms with Gasteiger partial charge >= 0.3 is 53.7 Å². The number of rotatable bonds is 18. The number of carbonyl (C=O) groups is 11. The number of amides is 2. The second-order valence-electron chi connectivity index (χ2n) is 44.4. The Labute approximate surface area is 900 Å². The van der Waals surface area contributed by atoms with Crippen molar-refractivity contribution in [3.05, 3.63) is 76.7 Å². The Morgan fingerprint density at radius 1 is 0.463 bits per heavy atom. The number of esters is 8. The maximum absolute atomic E-state index is 11.9. The third-order valence-electron chi connectivity index (χ3n) is 27.2. The molecule has 13 saturated heterocycles. The molecule has 0 aromatic carbocycles. The molecule has 15 aliphatic heterocycles. The zero-order valence-electron chi connectivity index (χ0n) is 94.3. The summed E-state index contributed by atoms with van der Waals surface area (Å²) in [5.74, 6) is 10.9. The minimum absolute atomic E-state index is 0.00116. The first-order valence-electron chi connectivity index (χ1n) is 54.2. The van der Waals surface area contributed by atoms with Crippen molar-refractivity contribution in [1.29, 1.82) is 0 Å². The number of fused-ring (bicyclic) bond motifs is 2. The van der Waals surface area contributed by atoms with Gasteiger partial charge in [-0.2, -0.15) is 0 Å². The fourth-order valence-corrected chi connectivity index (χ4v) is 20.8. The quantitative estimate of drug-likeness (QED) is 0.0596. The van der Waals surface area contributed by atoms with E-state index in [1.54, 1.807) is 36.2 Å². The molecule has 2 N–H and O–H groups in total. The van der Waals surface area contributed by atoms with Gasteiger partial charge in [0.2, 0.25) is 5.91 Å². The molecule has 0 radical (unpaired) electrons. The lowest BCUT2D eigenvalue weighted by Crippen LogP contribution is -2.46. The second-order valence-corrected chi connectivity index (χ2v) is 47.6. The minimum atomic E-state index is -1.07. The van der Waals surface area contributed by atoms with Gasteiger partial charge in [-0.25, -0.2) is 4.79 Å². The number of nitrogens with zero attached hydrogens (tertiary/aromatic N) is 3. The fourth-order valence-electron chi connectivity index (χ4n) is 17.2. The van der Waals surface area contributed by atoms with Crippen LogP contribution in [0.15, 0.2) is 71.2 Å². The van der Waals surface area contributed by atoms with Crippen LogP contribution in [0.5, 0.6) is 0 Å². The highest BCUT2D eigenvalue weighted by atomic mass is 32.2. The van der Waals surface area contributed by atoms with Crippen LogP contribution in [0, 0.1) is 107 Å². The molecule has 15 aliphatic rings. The average Bonchev–Trinajstić information content (AvgIpc) is 1.67. The van der Waals surface area contributed by atoms with E-state index in [9.17, 15) is 57.8 Å². The van der Waals surface area contributed by atoms with Crippen molar-refractivity contribution >= 4 is 123 Å². The van der Waals surface area contributed by atoms with Crippen molar-refractivity contribution in [2.45, 2.75) is 396 Å². The molecule has 0 bridgehead atoms. The van der Waals surface area contributed by atoms with Gasteiger partial charge < -0.3 is 76.7 Å². The summed E-state index contributed by atoms with van der Waals surface area (Å²) in [5.41, 5.74) is -0.579. The van der Waals surface area contributed by atoms with Gasteiger partial charge in [-0.1, -0.05) is 176 Å². The Bertz CT molecular complexity index is 4130. The van der Waals surface area contributed by atoms with Gasteiger partial charge in [0.1, 0.15) is 29.9 Å². The van der Waals surface area contributed by atoms with Crippen molar-refractivity contribution in [1.82, 2.24) is 14.8 Å². The first-order valence-corrected chi connectivity index (χ1v) is 57.0. The molecule has 1 aromatic heterocycles. The highest BCUT2D eigenvalue weighted by Crippen LogP contribution is 2.43. The Morgan fingerprint density at radius 2 is 0.980 bits per heavy atom. The summed E-state index contributed by atoms with van der Waals surface area (Å²) in [6.45, 7) is 71.0. The third kappa shape index (κ3) is 51.7. The van der Waals surface area contributed by atoms with Crippen molar-refractivity contribution in [3.8, 4) is 0 Å². The van der Waals surface area contributed by atoms with E-state index in [1.165, 1.54) is 47.4 Å². The Hall–Kier alpha value is -7.40. The normalized spacial score (nSPS) is 26.2. The summed E-state index contributed by atoms with van der Waals surface area (Å²) in [6, 6.07) is 3.74. The van der Waals surface area contributed by atoms with Gasteiger partial charge in [0.25, 0.3) is 5.91 Å². The van der Waals surface area contributed by atoms with Gasteiger partial charge in [0, 0.05) is 105 Å². The first kappa shape index (κ1) is 134. The Balaban J connectivity index is 0.000000408. The number of carboxylic acids is 1. The van der Waals surface area contributed by atoms with Crippen LogP contribution < -0.4 is 0 Å². The van der Waals surface area contributed by atoms with E-state index in [1.807, 2.05) is 81.0 Å². The molecule has 16 rings (SSSR count). The number of thiocarbonyl (C=S) groups is 2. The van der Waals surface area contributed by atoms with Gasteiger partial charge in [-0.05, 0) is 244 Å². The van der Waals surface area contributed by atoms with Gasteiger partial charge in [0.05, 0.1) is 116 Å². The zero-order chi connectivity index (χ0) is 111. The van der Waals surface area contributed by atoms with E-state index in [-0.39, 0.29) is 133 Å². The summed E-state index contributed by atoms with van der Waals surface area (Å²) >= 11 is 14.4. The van der Waals surface area contributed by atoms with E-state index in [0.717, 1.165) is 146 Å². The van der Waals surface area contributed by atoms with Crippen molar-refractivity contribution in [2.24, 2.45) is 107 Å². The number of pyridine rings is 1. The molecular weight excluding hydrogens is 1960 g/mol. The Morgan fingerprint density at radius 3 is 1.37 bits per heavy atom. The largest absolute Gasteiger partial charge is 0.499 e. The fraction of sp³-hybridized carbons (Fsp3) is 0.772. The van der Waals surface area contributed by atoms with Crippen LogP contribution in [0.25, 0.3) is 0 Å². The van der Waals surface area contributed by atoms with E-state index in [0.29, 0.717) is 148 Å². The lowest BCUT2D eigenvalue weighted by atomic mass is 9.84. The van der Waals surface area contributed by atoms with Crippen LogP contribution >= 0.6 is 48.0 Å². The predicted octanol–water partition coefficient (Wildman–Crippen LogP) is 23.0. The molecule has 2 amide bonds. The molecule has 14 unspecified atom stereocenters. The van der Waals surface area contributed by atoms with Crippen molar-refractivity contribution in [2.75, 3.05) is 64.4 Å². The Kier molecular flexibility index (Phi) is 63.7. The lowest BCUT2D eigenvalue weighted by Gasteiger charge is -2.37. The van der Waals surface area contributed by atoms with Gasteiger partial charge in [-0.3, -0.25) is 57.8 Å². The molecule has 1 aromatic rings. The van der Waals surface area contributed by atoms with Gasteiger partial charge in [0.15, 0.2) is 6.29 Å². The lowest BCUT2D eigenvalue weighted by molar-refractivity contribution is -0.180. The van der Waals surface area contributed by atoms with E-state index >= 15 is 0 Å². The van der Waals surface area contributed by atoms with Crippen LogP contribution in [-0.2, 0) is 110 Å². The number of aliphatic hydroxyl groups is 1. The van der Waals surface area contributed by atoms with Crippen LogP contribution in [0.1, 0.15) is 345 Å². The van der Waals surface area contributed by atoms with E-state index in [2.05, 4.69) is 158 Å². The number of aromatic nitrogens is 1. The highest BCUT2D eigenvalue weighted by Gasteiger charge is 2.43. The van der Waals surface area contributed by atoms with E-state index < -0.39 is 11.6 Å². The number of cyclic esters (lactones) is 7.